The highest BCUT2D eigenvalue weighted by atomic mass is 19.1. The smallest absolute Gasteiger partial charge is 0.407 e. The van der Waals surface area contributed by atoms with Gasteiger partial charge in [0, 0.05) is 26.0 Å². The monoisotopic (exact) mass is 583 g/mol. The topological polar surface area (TPSA) is 140 Å². The molecule has 1 aliphatic heterocycles. The molecule has 41 heavy (non-hydrogen) atoms. The van der Waals surface area contributed by atoms with Crippen LogP contribution in [-0.2, 0) is 39.8 Å². The van der Waals surface area contributed by atoms with E-state index in [0.717, 1.165) is 38.5 Å². The van der Waals surface area contributed by atoms with Gasteiger partial charge in [0.05, 0.1) is 13.7 Å². The first kappa shape index (κ1) is 33.4. The summed E-state index contributed by atoms with van der Waals surface area (Å²) in [6.07, 6.45) is 1.90. The number of unbranched alkanes of at least 4 members (excludes halogenated alkanes) is 3. The van der Waals surface area contributed by atoms with Crippen molar-refractivity contribution >= 4 is 29.8 Å². The number of rotatable bonds is 14. The molecule has 0 saturated carbocycles. The lowest BCUT2D eigenvalue weighted by Gasteiger charge is -2.28. The average molecular weight is 584 g/mol. The summed E-state index contributed by atoms with van der Waals surface area (Å²) >= 11 is 0. The van der Waals surface area contributed by atoms with Crippen LogP contribution in [0.25, 0.3) is 0 Å². The second-order valence-corrected chi connectivity index (χ2v) is 9.90. The van der Waals surface area contributed by atoms with Crippen molar-refractivity contribution < 1.29 is 47.0 Å². The fourth-order valence-electron chi connectivity index (χ4n) is 4.52. The van der Waals surface area contributed by atoms with Crippen LogP contribution in [0.3, 0.4) is 0 Å². The van der Waals surface area contributed by atoms with E-state index in [-0.39, 0.29) is 24.5 Å². The number of esters is 2. The van der Waals surface area contributed by atoms with Crippen LogP contribution in [0.1, 0.15) is 64.9 Å². The zero-order valence-corrected chi connectivity index (χ0v) is 23.9. The summed E-state index contributed by atoms with van der Waals surface area (Å²) in [5.41, 5.74) is 0.0607. The highest BCUT2D eigenvalue weighted by Crippen LogP contribution is 2.20. The third-order valence-electron chi connectivity index (χ3n) is 6.66. The lowest BCUT2D eigenvalue weighted by Crippen LogP contribution is -2.56. The number of likely N-dealkylation sites (tertiary alicyclic amines) is 1. The zero-order chi connectivity index (χ0) is 30.5. The van der Waals surface area contributed by atoms with Crippen LogP contribution in [0.15, 0.2) is 18.2 Å². The number of benzene rings is 1. The molecule has 2 N–H and O–H groups in total. The number of methoxy groups -OCH3 is 1. The summed E-state index contributed by atoms with van der Waals surface area (Å²) in [4.78, 5) is 64.4. The molecule has 0 bridgehead atoms. The molecule has 3 amide bonds. The van der Waals surface area contributed by atoms with Crippen molar-refractivity contribution in [1.82, 2.24) is 15.5 Å². The second kappa shape index (κ2) is 16.5. The van der Waals surface area contributed by atoms with Gasteiger partial charge in [0.25, 0.3) is 0 Å². The predicted octanol–water partition coefficient (Wildman–Crippen LogP) is 2.78. The van der Waals surface area contributed by atoms with Crippen LogP contribution in [0.5, 0.6) is 0 Å². The number of hydrogen-bond acceptors (Lipinski definition) is 8. The van der Waals surface area contributed by atoms with Crippen LogP contribution >= 0.6 is 0 Å². The fourth-order valence-corrected chi connectivity index (χ4v) is 4.52. The Bertz CT molecular complexity index is 1070. The molecule has 0 spiro atoms. The van der Waals surface area contributed by atoms with E-state index < -0.39 is 59.8 Å². The van der Waals surface area contributed by atoms with Crippen molar-refractivity contribution in [2.45, 2.75) is 89.9 Å². The number of nitrogens with zero attached hydrogens (tertiary/aromatic N) is 1. The first-order valence-electron chi connectivity index (χ1n) is 13.7. The minimum Gasteiger partial charge on any atom is -0.467 e. The van der Waals surface area contributed by atoms with Crippen molar-refractivity contribution in [1.29, 1.82) is 0 Å². The van der Waals surface area contributed by atoms with Gasteiger partial charge < -0.3 is 29.7 Å². The predicted molar refractivity (Wildman–Crippen MR) is 142 cm³/mol. The SMILES string of the molecule is CCCCCCOC(=O)N[C@@H](Cc1cc(F)cc(F)c1)C(=O)N[C@H](C(=O)OC)[C@@H](C)OC(=O)C1CCCN1C(C)=O. The fraction of sp³-hybridized carbons (Fsp3) is 0.607. The molecule has 2 rings (SSSR count). The summed E-state index contributed by atoms with van der Waals surface area (Å²) in [6.45, 7) is 5.22. The van der Waals surface area contributed by atoms with Crippen LogP contribution in [0.4, 0.5) is 13.6 Å². The Balaban J connectivity index is 2.18. The third-order valence-corrected chi connectivity index (χ3v) is 6.66. The molecule has 1 aromatic carbocycles. The normalized spacial score (nSPS) is 16.7. The Hall–Kier alpha value is -3.77. The minimum atomic E-state index is -1.50. The van der Waals surface area contributed by atoms with Crippen LogP contribution in [0.2, 0.25) is 0 Å². The number of carbonyl (C=O) groups excluding carboxylic acids is 5. The molecule has 0 aliphatic carbocycles. The van der Waals surface area contributed by atoms with Crippen molar-refractivity contribution in [3.05, 3.63) is 35.4 Å². The van der Waals surface area contributed by atoms with E-state index in [1.54, 1.807) is 0 Å². The molecule has 1 aliphatic rings. The van der Waals surface area contributed by atoms with Crippen molar-refractivity contribution in [3.63, 3.8) is 0 Å². The Morgan fingerprint density at radius 3 is 2.34 bits per heavy atom. The average Bonchev–Trinajstić information content (AvgIpc) is 3.41. The largest absolute Gasteiger partial charge is 0.467 e. The van der Waals surface area contributed by atoms with E-state index >= 15 is 0 Å². The molecule has 0 aromatic heterocycles. The first-order valence-corrected chi connectivity index (χ1v) is 13.7. The molecule has 11 nitrogen and oxygen atoms in total. The van der Waals surface area contributed by atoms with Crippen molar-refractivity contribution in [3.8, 4) is 0 Å². The molecule has 13 heteroatoms. The standard InChI is InChI=1S/C28H39F2N3O8/c1-5-6-7-8-12-40-28(38)31-22(15-19-13-20(29)16-21(30)14-19)25(35)32-24(27(37)39-4)17(2)41-26(36)23-10-9-11-33(23)18(3)34/h13-14,16-17,22-24H,5-12,15H2,1-4H3,(H,31,38)(H,32,35)/t17-,22+,23?,24+/m1/s1. The van der Waals surface area contributed by atoms with Gasteiger partial charge in [-0.15, -0.1) is 0 Å². The van der Waals surface area contributed by atoms with E-state index in [0.29, 0.717) is 31.9 Å². The minimum absolute atomic E-state index is 0.0607. The zero-order valence-electron chi connectivity index (χ0n) is 23.9. The molecule has 1 heterocycles. The van der Waals surface area contributed by atoms with Gasteiger partial charge in [-0.05, 0) is 43.9 Å². The Labute approximate surface area is 238 Å². The lowest BCUT2D eigenvalue weighted by atomic mass is 10.0. The van der Waals surface area contributed by atoms with Gasteiger partial charge >= 0.3 is 18.0 Å². The summed E-state index contributed by atoms with van der Waals surface area (Å²) in [6, 6.07) is -1.07. The van der Waals surface area contributed by atoms with Gasteiger partial charge in [-0.1, -0.05) is 26.2 Å². The van der Waals surface area contributed by atoms with Gasteiger partial charge in [0.1, 0.15) is 29.8 Å². The van der Waals surface area contributed by atoms with Crippen LogP contribution in [0, 0.1) is 11.6 Å². The lowest BCUT2D eigenvalue weighted by molar-refractivity contribution is -0.163. The molecule has 1 unspecified atom stereocenters. The van der Waals surface area contributed by atoms with E-state index in [1.165, 1.54) is 18.7 Å². The summed E-state index contributed by atoms with van der Waals surface area (Å²) < 4.78 is 43.0. The number of carbonyl (C=O) groups is 5. The van der Waals surface area contributed by atoms with Gasteiger partial charge in [-0.25, -0.2) is 23.2 Å². The highest BCUT2D eigenvalue weighted by molar-refractivity contribution is 5.90. The number of alkyl carbamates (subject to hydrolysis) is 1. The van der Waals surface area contributed by atoms with E-state index in [1.807, 2.05) is 6.92 Å². The number of hydrogen-bond donors (Lipinski definition) is 2. The van der Waals surface area contributed by atoms with Gasteiger partial charge in [0.2, 0.25) is 11.8 Å². The van der Waals surface area contributed by atoms with Crippen LogP contribution < -0.4 is 10.6 Å². The molecule has 1 fully saturated rings. The molecular formula is C28H39F2N3O8. The summed E-state index contributed by atoms with van der Waals surface area (Å²) in [7, 11) is 1.08. The van der Waals surface area contributed by atoms with Gasteiger partial charge in [-0.2, -0.15) is 0 Å². The maximum atomic E-state index is 13.8. The summed E-state index contributed by atoms with van der Waals surface area (Å²) in [5.74, 6) is -4.65. The summed E-state index contributed by atoms with van der Waals surface area (Å²) in [5, 5.41) is 4.79. The van der Waals surface area contributed by atoms with Crippen molar-refractivity contribution in [2.75, 3.05) is 20.3 Å². The van der Waals surface area contributed by atoms with Gasteiger partial charge in [0.15, 0.2) is 6.04 Å². The molecule has 1 saturated heterocycles. The quantitative estimate of drug-likeness (QED) is 0.194. The Kier molecular flexibility index (Phi) is 13.4. The van der Waals surface area contributed by atoms with E-state index in [4.69, 9.17) is 14.2 Å². The van der Waals surface area contributed by atoms with E-state index in [9.17, 15) is 32.8 Å². The molecule has 4 atom stereocenters. The molecular weight excluding hydrogens is 544 g/mol. The van der Waals surface area contributed by atoms with Crippen molar-refractivity contribution in [2.24, 2.45) is 0 Å². The molecule has 0 radical (unpaired) electrons. The number of amides is 3. The van der Waals surface area contributed by atoms with Gasteiger partial charge in [-0.3, -0.25) is 9.59 Å². The number of ether oxygens (including phenoxy) is 3. The Morgan fingerprint density at radius 2 is 1.73 bits per heavy atom. The maximum Gasteiger partial charge on any atom is 0.407 e. The molecule has 1 aromatic rings. The second-order valence-electron chi connectivity index (χ2n) is 9.90. The maximum absolute atomic E-state index is 13.8. The first-order chi connectivity index (χ1) is 19.5. The number of halogens is 2. The number of nitrogens with one attached hydrogen (secondary N) is 2. The molecule has 228 valence electrons. The Morgan fingerprint density at radius 1 is 1.05 bits per heavy atom. The van der Waals surface area contributed by atoms with E-state index in [2.05, 4.69) is 10.6 Å². The van der Waals surface area contributed by atoms with Crippen LogP contribution in [-0.4, -0.2) is 79.2 Å². The third kappa shape index (κ3) is 10.6. The highest BCUT2D eigenvalue weighted by Gasteiger charge is 2.38.